The molecule has 0 spiro atoms. The molecular weight excluding hydrogens is 376 g/mol. The van der Waals surface area contributed by atoms with E-state index in [1.807, 2.05) is 40.8 Å². The first-order chi connectivity index (χ1) is 13.5. The molecule has 1 aliphatic rings. The molecule has 1 fully saturated rings. The Labute approximate surface area is 169 Å². The Balaban J connectivity index is 1.63. The number of ether oxygens (including phenoxy) is 1. The Kier molecular flexibility index (Phi) is 4.89. The van der Waals surface area contributed by atoms with E-state index in [1.165, 1.54) is 0 Å². The summed E-state index contributed by atoms with van der Waals surface area (Å²) in [7, 11) is 1.61. The zero-order valence-corrected chi connectivity index (χ0v) is 17.0. The maximum absolute atomic E-state index is 11.5. The number of amides is 1. The molecule has 0 N–H and O–H groups in total. The minimum atomic E-state index is 0.140. The lowest BCUT2D eigenvalue weighted by Gasteiger charge is -2.35. The summed E-state index contributed by atoms with van der Waals surface area (Å²) >= 11 is 6.32. The molecule has 1 aliphatic heterocycles. The lowest BCUT2D eigenvalue weighted by atomic mass is 10.1. The maximum Gasteiger partial charge on any atom is 0.219 e. The van der Waals surface area contributed by atoms with E-state index in [2.05, 4.69) is 17.0 Å². The van der Waals surface area contributed by atoms with Gasteiger partial charge in [-0.1, -0.05) is 11.6 Å². The average Bonchev–Trinajstić information content (AvgIpc) is 3.12. The Bertz CT molecular complexity index is 1040. The predicted octanol–water partition coefficient (Wildman–Crippen LogP) is 3.64. The number of halogens is 1. The van der Waals surface area contributed by atoms with E-state index in [4.69, 9.17) is 21.3 Å². The van der Waals surface area contributed by atoms with Gasteiger partial charge in [-0.2, -0.15) is 0 Å². The SMILES string of the molecule is COc1cc(C)c(-c2cn3ccc(N4CCN(C(C)=O)CC4)cc3n2)cc1Cl. The Hall–Kier alpha value is -2.73. The van der Waals surface area contributed by atoms with Crippen LogP contribution in [0, 0.1) is 6.92 Å². The summed E-state index contributed by atoms with van der Waals surface area (Å²) in [6, 6.07) is 8.02. The monoisotopic (exact) mass is 398 g/mol. The van der Waals surface area contributed by atoms with E-state index in [0.717, 1.165) is 54.3 Å². The fourth-order valence-corrected chi connectivity index (χ4v) is 3.91. The molecule has 0 radical (unpaired) electrons. The van der Waals surface area contributed by atoms with Crippen molar-refractivity contribution in [3.05, 3.63) is 47.2 Å². The number of imidazole rings is 1. The van der Waals surface area contributed by atoms with Crippen LogP contribution in [0.25, 0.3) is 16.9 Å². The van der Waals surface area contributed by atoms with Gasteiger partial charge in [0.25, 0.3) is 0 Å². The van der Waals surface area contributed by atoms with Crippen molar-refractivity contribution in [2.45, 2.75) is 13.8 Å². The van der Waals surface area contributed by atoms with E-state index < -0.39 is 0 Å². The van der Waals surface area contributed by atoms with Gasteiger partial charge in [0.1, 0.15) is 11.4 Å². The molecule has 4 rings (SSSR count). The molecule has 7 heteroatoms. The zero-order valence-electron chi connectivity index (χ0n) is 16.3. The number of benzene rings is 1. The molecule has 1 saturated heterocycles. The number of hydrogen-bond acceptors (Lipinski definition) is 4. The van der Waals surface area contributed by atoms with E-state index in [-0.39, 0.29) is 5.91 Å². The third kappa shape index (κ3) is 3.40. The van der Waals surface area contributed by atoms with Gasteiger partial charge in [-0.05, 0) is 30.7 Å². The van der Waals surface area contributed by atoms with Crippen LogP contribution in [-0.4, -0.2) is 53.5 Å². The van der Waals surface area contributed by atoms with E-state index in [1.54, 1.807) is 14.0 Å². The Morgan fingerprint density at radius 3 is 2.61 bits per heavy atom. The van der Waals surface area contributed by atoms with Gasteiger partial charge in [0.05, 0.1) is 17.8 Å². The lowest BCUT2D eigenvalue weighted by Crippen LogP contribution is -2.48. The lowest BCUT2D eigenvalue weighted by molar-refractivity contribution is -0.129. The summed E-state index contributed by atoms with van der Waals surface area (Å²) in [5.41, 5.74) is 4.93. The molecule has 28 heavy (non-hydrogen) atoms. The molecule has 3 aromatic rings. The van der Waals surface area contributed by atoms with Crippen LogP contribution in [0.15, 0.2) is 36.7 Å². The number of aromatic nitrogens is 2. The summed E-state index contributed by atoms with van der Waals surface area (Å²) in [5, 5.41) is 0.573. The van der Waals surface area contributed by atoms with Gasteiger partial charge >= 0.3 is 0 Å². The van der Waals surface area contributed by atoms with Gasteiger partial charge in [0.2, 0.25) is 5.91 Å². The highest BCUT2D eigenvalue weighted by molar-refractivity contribution is 6.32. The minimum Gasteiger partial charge on any atom is -0.495 e. The van der Waals surface area contributed by atoms with Crippen LogP contribution in [-0.2, 0) is 4.79 Å². The largest absolute Gasteiger partial charge is 0.495 e. The number of rotatable bonds is 3. The van der Waals surface area contributed by atoms with Crippen molar-refractivity contribution in [2.75, 3.05) is 38.2 Å². The molecule has 0 saturated carbocycles. The predicted molar refractivity (Wildman–Crippen MR) is 111 cm³/mol. The standard InChI is InChI=1S/C21H23ClN4O2/c1-14-10-20(28-3)18(22)12-17(14)19-13-26-5-4-16(11-21(26)23-19)25-8-6-24(7-9-25)15(2)27/h4-5,10-13H,6-9H2,1-3H3. The van der Waals surface area contributed by atoms with Crippen molar-refractivity contribution < 1.29 is 9.53 Å². The summed E-state index contributed by atoms with van der Waals surface area (Å²) in [4.78, 5) is 20.5. The molecule has 146 valence electrons. The van der Waals surface area contributed by atoms with Crippen molar-refractivity contribution in [3.63, 3.8) is 0 Å². The number of methoxy groups -OCH3 is 1. The van der Waals surface area contributed by atoms with Gasteiger partial charge in [-0.3, -0.25) is 4.79 Å². The van der Waals surface area contributed by atoms with Crippen LogP contribution in [0.3, 0.4) is 0 Å². The fourth-order valence-electron chi connectivity index (χ4n) is 3.66. The number of nitrogens with zero attached hydrogens (tertiary/aromatic N) is 4. The number of carbonyl (C=O) groups excluding carboxylic acids is 1. The molecule has 0 aliphatic carbocycles. The molecule has 6 nitrogen and oxygen atoms in total. The van der Waals surface area contributed by atoms with Gasteiger partial charge in [-0.25, -0.2) is 4.98 Å². The zero-order chi connectivity index (χ0) is 19.8. The first kappa shape index (κ1) is 18.6. The number of fused-ring (bicyclic) bond motifs is 1. The Morgan fingerprint density at radius 2 is 1.93 bits per heavy atom. The average molecular weight is 399 g/mol. The molecular formula is C21H23ClN4O2. The number of piperazine rings is 1. The molecule has 0 unspecified atom stereocenters. The van der Waals surface area contributed by atoms with Crippen LogP contribution in [0.2, 0.25) is 5.02 Å². The van der Waals surface area contributed by atoms with Gasteiger partial charge in [0, 0.05) is 62.8 Å². The van der Waals surface area contributed by atoms with Crippen molar-refractivity contribution in [1.82, 2.24) is 14.3 Å². The maximum atomic E-state index is 11.5. The van der Waals surface area contributed by atoms with Crippen LogP contribution >= 0.6 is 11.6 Å². The third-order valence-corrected chi connectivity index (χ3v) is 5.60. The van der Waals surface area contributed by atoms with Crippen molar-refractivity contribution in [1.29, 1.82) is 0 Å². The van der Waals surface area contributed by atoms with E-state index >= 15 is 0 Å². The van der Waals surface area contributed by atoms with Crippen LogP contribution < -0.4 is 9.64 Å². The number of anilines is 1. The van der Waals surface area contributed by atoms with Crippen molar-refractivity contribution in [2.24, 2.45) is 0 Å². The minimum absolute atomic E-state index is 0.140. The summed E-state index contributed by atoms with van der Waals surface area (Å²) in [5.74, 6) is 0.806. The molecule has 0 atom stereocenters. The van der Waals surface area contributed by atoms with Crippen molar-refractivity contribution in [3.8, 4) is 17.0 Å². The quantitative estimate of drug-likeness (QED) is 0.675. The number of hydrogen-bond donors (Lipinski definition) is 0. The molecule has 1 aromatic carbocycles. The second kappa shape index (κ2) is 7.36. The third-order valence-electron chi connectivity index (χ3n) is 5.31. The second-order valence-electron chi connectivity index (χ2n) is 7.07. The van der Waals surface area contributed by atoms with Crippen LogP contribution in [0.5, 0.6) is 5.75 Å². The summed E-state index contributed by atoms with van der Waals surface area (Å²) < 4.78 is 7.31. The summed E-state index contributed by atoms with van der Waals surface area (Å²) in [6.45, 7) is 6.82. The highest BCUT2D eigenvalue weighted by Crippen LogP contribution is 2.33. The topological polar surface area (TPSA) is 50.1 Å². The number of aryl methyl sites for hydroxylation is 1. The highest BCUT2D eigenvalue weighted by Gasteiger charge is 2.19. The van der Waals surface area contributed by atoms with Crippen LogP contribution in [0.4, 0.5) is 5.69 Å². The molecule has 2 aromatic heterocycles. The normalized spacial score (nSPS) is 14.6. The first-order valence-corrected chi connectivity index (χ1v) is 9.68. The molecule has 3 heterocycles. The molecule has 0 bridgehead atoms. The Morgan fingerprint density at radius 1 is 1.18 bits per heavy atom. The highest BCUT2D eigenvalue weighted by atomic mass is 35.5. The number of pyridine rings is 1. The van der Waals surface area contributed by atoms with Gasteiger partial charge in [-0.15, -0.1) is 0 Å². The van der Waals surface area contributed by atoms with Crippen molar-refractivity contribution >= 4 is 28.8 Å². The van der Waals surface area contributed by atoms with E-state index in [9.17, 15) is 4.79 Å². The summed E-state index contributed by atoms with van der Waals surface area (Å²) in [6.07, 6.45) is 4.04. The van der Waals surface area contributed by atoms with Crippen LogP contribution in [0.1, 0.15) is 12.5 Å². The molecule has 1 amide bonds. The van der Waals surface area contributed by atoms with Gasteiger partial charge in [0.15, 0.2) is 0 Å². The van der Waals surface area contributed by atoms with E-state index in [0.29, 0.717) is 10.8 Å². The fraction of sp³-hybridized carbons (Fsp3) is 0.333. The number of carbonyl (C=O) groups is 1. The smallest absolute Gasteiger partial charge is 0.219 e. The second-order valence-corrected chi connectivity index (χ2v) is 7.48. The van der Waals surface area contributed by atoms with Gasteiger partial charge < -0.3 is 18.9 Å². The first-order valence-electron chi connectivity index (χ1n) is 9.30.